The minimum absolute atomic E-state index is 1.05. The lowest BCUT2D eigenvalue weighted by molar-refractivity contribution is 1.10. The summed E-state index contributed by atoms with van der Waals surface area (Å²) in [6, 6.07) is 2.09. The zero-order valence-electron chi connectivity index (χ0n) is 8.79. The van der Waals surface area contributed by atoms with Gasteiger partial charge in [0.15, 0.2) is 0 Å². The van der Waals surface area contributed by atoms with Gasteiger partial charge in [-0.2, -0.15) is 0 Å². The number of nitrogens with zero attached hydrogens (tertiary/aromatic N) is 1. The molecular formula is C11H17NS. The lowest BCUT2D eigenvalue weighted by Gasteiger charge is -2.01. The van der Waals surface area contributed by atoms with Gasteiger partial charge in [-0.25, -0.2) is 4.98 Å². The molecule has 0 saturated heterocycles. The van der Waals surface area contributed by atoms with E-state index < -0.39 is 0 Å². The van der Waals surface area contributed by atoms with Crippen LogP contribution in [0.3, 0.4) is 0 Å². The summed E-state index contributed by atoms with van der Waals surface area (Å²) >= 11 is 1.65. The van der Waals surface area contributed by atoms with Gasteiger partial charge in [-0.1, -0.05) is 26.5 Å². The summed E-state index contributed by atoms with van der Waals surface area (Å²) in [5, 5.41) is 1.05. The maximum absolute atomic E-state index is 4.26. The van der Waals surface area contributed by atoms with Crippen molar-refractivity contribution in [2.75, 3.05) is 6.26 Å². The van der Waals surface area contributed by atoms with Gasteiger partial charge in [-0.05, 0) is 24.8 Å². The summed E-state index contributed by atoms with van der Waals surface area (Å²) in [6.45, 7) is 9.76. The van der Waals surface area contributed by atoms with Gasteiger partial charge in [-0.15, -0.1) is 11.8 Å². The quantitative estimate of drug-likeness (QED) is 0.666. The minimum Gasteiger partial charge on any atom is -0.249 e. The second-order valence-corrected chi connectivity index (χ2v) is 3.11. The van der Waals surface area contributed by atoms with Crippen LogP contribution in [-0.2, 0) is 0 Å². The highest BCUT2D eigenvalue weighted by atomic mass is 32.2. The zero-order chi connectivity index (χ0) is 10.3. The molecule has 0 saturated carbocycles. The first-order chi connectivity index (χ1) is 6.27. The number of hydrogen-bond acceptors (Lipinski definition) is 2. The lowest BCUT2D eigenvalue weighted by atomic mass is 10.2. The van der Waals surface area contributed by atoms with Gasteiger partial charge in [0.25, 0.3) is 0 Å². The van der Waals surface area contributed by atoms with Crippen LogP contribution in [0.15, 0.2) is 23.9 Å². The Morgan fingerprint density at radius 2 is 2.08 bits per heavy atom. The second kappa shape index (κ2) is 6.72. The first kappa shape index (κ1) is 12.2. The standard InChI is InChI=1S/C9H11NS.C2H6/c1-4-8-5-7(2)6-10-9(8)11-3;1-2/h4-6H,1H2,2-3H3;1-2H3. The molecule has 0 amide bonds. The predicted molar refractivity (Wildman–Crippen MR) is 62.2 cm³/mol. The summed E-state index contributed by atoms with van der Waals surface area (Å²) in [5.74, 6) is 0. The fourth-order valence-corrected chi connectivity index (χ4v) is 1.43. The molecule has 0 radical (unpaired) electrons. The van der Waals surface area contributed by atoms with Gasteiger partial charge in [0.2, 0.25) is 0 Å². The normalized spacial score (nSPS) is 8.62. The molecule has 0 aliphatic carbocycles. The minimum atomic E-state index is 1.05. The molecule has 72 valence electrons. The van der Waals surface area contributed by atoms with Crippen molar-refractivity contribution in [2.24, 2.45) is 0 Å². The Labute approximate surface area is 85.3 Å². The third-order valence-corrected chi connectivity index (χ3v) is 2.16. The third-order valence-electron chi connectivity index (χ3n) is 1.43. The van der Waals surface area contributed by atoms with E-state index in [4.69, 9.17) is 0 Å². The van der Waals surface area contributed by atoms with Crippen LogP contribution in [0.5, 0.6) is 0 Å². The molecule has 0 N–H and O–H groups in total. The van der Waals surface area contributed by atoms with Crippen molar-refractivity contribution >= 4 is 17.8 Å². The molecule has 0 spiro atoms. The summed E-state index contributed by atoms with van der Waals surface area (Å²) in [7, 11) is 0. The third kappa shape index (κ3) is 3.64. The average Bonchev–Trinajstić information content (AvgIpc) is 2.20. The van der Waals surface area contributed by atoms with Crippen LogP contribution in [0.4, 0.5) is 0 Å². The SMILES string of the molecule is C=Cc1cc(C)cnc1SC.CC. The molecule has 0 aliphatic heterocycles. The fourth-order valence-electron chi connectivity index (χ4n) is 0.896. The molecule has 1 nitrogen and oxygen atoms in total. The van der Waals surface area contributed by atoms with E-state index in [9.17, 15) is 0 Å². The number of rotatable bonds is 2. The van der Waals surface area contributed by atoms with Crippen LogP contribution in [0.1, 0.15) is 25.0 Å². The van der Waals surface area contributed by atoms with Crippen LogP contribution in [-0.4, -0.2) is 11.2 Å². The van der Waals surface area contributed by atoms with E-state index in [0.717, 1.165) is 10.6 Å². The first-order valence-corrected chi connectivity index (χ1v) is 5.63. The molecule has 0 atom stereocenters. The maximum Gasteiger partial charge on any atom is 0.103 e. The molecule has 1 aromatic rings. The smallest absolute Gasteiger partial charge is 0.103 e. The van der Waals surface area contributed by atoms with E-state index in [1.165, 1.54) is 5.56 Å². The molecule has 13 heavy (non-hydrogen) atoms. The van der Waals surface area contributed by atoms with Crippen molar-refractivity contribution in [3.05, 3.63) is 30.0 Å². The summed E-state index contributed by atoms with van der Waals surface area (Å²) in [5.41, 5.74) is 2.30. The van der Waals surface area contributed by atoms with Crippen molar-refractivity contribution in [2.45, 2.75) is 25.8 Å². The summed E-state index contributed by atoms with van der Waals surface area (Å²) in [6.07, 6.45) is 5.73. The zero-order valence-corrected chi connectivity index (χ0v) is 9.61. The van der Waals surface area contributed by atoms with Gasteiger partial charge in [-0.3, -0.25) is 0 Å². The van der Waals surface area contributed by atoms with Crippen LogP contribution < -0.4 is 0 Å². The second-order valence-electron chi connectivity index (χ2n) is 2.32. The summed E-state index contributed by atoms with van der Waals surface area (Å²) in [4.78, 5) is 4.26. The predicted octanol–water partition coefficient (Wildman–Crippen LogP) is 3.78. The Balaban J connectivity index is 0.000000671. The Bertz CT molecular complexity index is 269. The monoisotopic (exact) mass is 195 g/mol. The highest BCUT2D eigenvalue weighted by Crippen LogP contribution is 2.18. The molecule has 0 aromatic carbocycles. The van der Waals surface area contributed by atoms with Gasteiger partial charge < -0.3 is 0 Å². The van der Waals surface area contributed by atoms with Gasteiger partial charge in [0, 0.05) is 11.8 Å². The average molecular weight is 195 g/mol. The Morgan fingerprint density at radius 1 is 1.46 bits per heavy atom. The Hall–Kier alpha value is -0.760. The van der Waals surface area contributed by atoms with Crippen LogP contribution in [0.2, 0.25) is 0 Å². The highest BCUT2D eigenvalue weighted by Gasteiger charge is 1.97. The van der Waals surface area contributed by atoms with Gasteiger partial charge in [0.05, 0.1) is 0 Å². The molecule has 0 bridgehead atoms. The number of pyridine rings is 1. The van der Waals surface area contributed by atoms with Crippen molar-refractivity contribution < 1.29 is 0 Å². The van der Waals surface area contributed by atoms with E-state index >= 15 is 0 Å². The van der Waals surface area contributed by atoms with Crippen molar-refractivity contribution in [3.63, 3.8) is 0 Å². The largest absolute Gasteiger partial charge is 0.249 e. The van der Waals surface area contributed by atoms with Crippen LogP contribution >= 0.6 is 11.8 Å². The Morgan fingerprint density at radius 3 is 2.54 bits per heavy atom. The van der Waals surface area contributed by atoms with Crippen LogP contribution in [0, 0.1) is 6.92 Å². The van der Waals surface area contributed by atoms with E-state index in [1.54, 1.807) is 11.8 Å². The molecule has 1 aromatic heterocycles. The molecule has 1 heterocycles. The molecule has 0 aliphatic rings. The fraction of sp³-hybridized carbons (Fsp3) is 0.364. The van der Waals surface area contributed by atoms with Crippen molar-refractivity contribution in [3.8, 4) is 0 Å². The van der Waals surface area contributed by atoms with E-state index in [1.807, 2.05) is 39.3 Å². The number of aryl methyl sites for hydroxylation is 1. The molecule has 2 heteroatoms. The van der Waals surface area contributed by atoms with Gasteiger partial charge in [0.1, 0.15) is 5.03 Å². The maximum atomic E-state index is 4.26. The molecular weight excluding hydrogens is 178 g/mol. The lowest BCUT2D eigenvalue weighted by Crippen LogP contribution is -1.85. The van der Waals surface area contributed by atoms with E-state index in [2.05, 4.69) is 17.6 Å². The molecule has 0 fully saturated rings. The summed E-state index contributed by atoms with van der Waals surface area (Å²) < 4.78 is 0. The molecule has 0 unspecified atom stereocenters. The Kier molecular flexibility index (Phi) is 6.33. The highest BCUT2D eigenvalue weighted by molar-refractivity contribution is 7.98. The van der Waals surface area contributed by atoms with E-state index in [0.29, 0.717) is 0 Å². The topological polar surface area (TPSA) is 12.9 Å². The van der Waals surface area contributed by atoms with Crippen molar-refractivity contribution in [1.82, 2.24) is 4.98 Å². The molecule has 1 rings (SSSR count). The number of hydrogen-bond donors (Lipinski definition) is 0. The number of aromatic nitrogens is 1. The first-order valence-electron chi connectivity index (χ1n) is 4.41. The van der Waals surface area contributed by atoms with E-state index in [-0.39, 0.29) is 0 Å². The van der Waals surface area contributed by atoms with Crippen LogP contribution in [0.25, 0.3) is 6.08 Å². The van der Waals surface area contributed by atoms with Crippen molar-refractivity contribution in [1.29, 1.82) is 0 Å². The van der Waals surface area contributed by atoms with Gasteiger partial charge >= 0.3 is 0 Å². The number of thioether (sulfide) groups is 1.